The predicted octanol–water partition coefficient (Wildman–Crippen LogP) is 3.96. The van der Waals surface area contributed by atoms with Crippen LogP contribution in [0.15, 0.2) is 60.7 Å². The Balaban J connectivity index is 1.37. The molecule has 2 aliphatic rings. The molecule has 2 saturated heterocycles. The maximum absolute atomic E-state index is 12.8. The summed E-state index contributed by atoms with van der Waals surface area (Å²) in [6, 6.07) is 20.3. The van der Waals surface area contributed by atoms with Crippen LogP contribution in [-0.4, -0.2) is 49.4 Å². The van der Waals surface area contributed by atoms with E-state index in [1.807, 2.05) is 37.3 Å². The lowest BCUT2D eigenvalue weighted by molar-refractivity contribution is -0.224. The van der Waals surface area contributed by atoms with E-state index in [-0.39, 0.29) is 17.7 Å². The Morgan fingerprint density at radius 3 is 2.47 bits per heavy atom. The second-order valence-electron chi connectivity index (χ2n) is 8.48. The summed E-state index contributed by atoms with van der Waals surface area (Å²) in [7, 11) is 0. The van der Waals surface area contributed by atoms with Gasteiger partial charge in [0.1, 0.15) is 0 Å². The third kappa shape index (κ3) is 5.09. The fraction of sp³-hybridized carbons (Fsp3) is 0.480. The van der Waals surface area contributed by atoms with Gasteiger partial charge in [0.15, 0.2) is 5.79 Å². The van der Waals surface area contributed by atoms with Crippen LogP contribution >= 0.6 is 0 Å². The highest BCUT2D eigenvalue weighted by Gasteiger charge is 2.48. The molecule has 0 bridgehead atoms. The first-order chi connectivity index (χ1) is 14.6. The standard InChI is InChI=1S/C25H32N2O3/c1-20(24(28)26-23-10-6-3-7-11-23)18-22-19-27(14-12-21-8-4-2-5-9-21)15-13-25(22)29-16-17-30-25/h2-11,20,22H,12-19H2,1H3,(H,26,28). The molecular formula is C25H32N2O3. The highest BCUT2D eigenvalue weighted by molar-refractivity contribution is 5.92. The molecule has 1 N–H and O–H groups in total. The fourth-order valence-corrected chi connectivity index (χ4v) is 4.62. The van der Waals surface area contributed by atoms with Crippen LogP contribution in [0.2, 0.25) is 0 Å². The fourth-order valence-electron chi connectivity index (χ4n) is 4.62. The van der Waals surface area contributed by atoms with E-state index < -0.39 is 5.79 Å². The summed E-state index contributed by atoms with van der Waals surface area (Å²) in [5.41, 5.74) is 2.20. The van der Waals surface area contributed by atoms with E-state index in [1.54, 1.807) is 0 Å². The summed E-state index contributed by atoms with van der Waals surface area (Å²) in [6.45, 7) is 6.17. The molecule has 5 nitrogen and oxygen atoms in total. The molecule has 5 heteroatoms. The Morgan fingerprint density at radius 1 is 1.10 bits per heavy atom. The summed E-state index contributed by atoms with van der Waals surface area (Å²) in [5, 5.41) is 3.03. The van der Waals surface area contributed by atoms with Crippen molar-refractivity contribution < 1.29 is 14.3 Å². The maximum atomic E-state index is 12.8. The summed E-state index contributed by atoms with van der Waals surface area (Å²) < 4.78 is 12.2. The Hall–Kier alpha value is -2.21. The number of hydrogen-bond donors (Lipinski definition) is 1. The Morgan fingerprint density at radius 2 is 1.77 bits per heavy atom. The van der Waals surface area contributed by atoms with E-state index in [1.165, 1.54) is 5.56 Å². The van der Waals surface area contributed by atoms with Gasteiger partial charge < -0.3 is 19.7 Å². The molecule has 2 heterocycles. The van der Waals surface area contributed by atoms with E-state index in [9.17, 15) is 4.79 Å². The van der Waals surface area contributed by atoms with Crippen molar-refractivity contribution in [2.24, 2.45) is 11.8 Å². The van der Waals surface area contributed by atoms with Gasteiger partial charge >= 0.3 is 0 Å². The molecule has 2 aliphatic heterocycles. The number of nitrogens with zero attached hydrogens (tertiary/aromatic N) is 1. The number of rotatable bonds is 7. The molecular weight excluding hydrogens is 376 g/mol. The van der Waals surface area contributed by atoms with Crippen LogP contribution in [0.25, 0.3) is 0 Å². The average Bonchev–Trinajstić information content (AvgIpc) is 3.25. The molecule has 0 aromatic heterocycles. The minimum atomic E-state index is -0.523. The lowest BCUT2D eigenvalue weighted by atomic mass is 9.83. The van der Waals surface area contributed by atoms with Gasteiger partial charge in [0.2, 0.25) is 5.91 Å². The molecule has 2 unspecified atom stereocenters. The monoisotopic (exact) mass is 408 g/mol. The van der Waals surface area contributed by atoms with Crippen molar-refractivity contribution >= 4 is 11.6 Å². The van der Waals surface area contributed by atoms with Crippen LogP contribution in [0, 0.1) is 11.8 Å². The van der Waals surface area contributed by atoms with Crippen molar-refractivity contribution in [2.45, 2.75) is 32.0 Å². The smallest absolute Gasteiger partial charge is 0.227 e. The van der Waals surface area contributed by atoms with Gasteiger partial charge in [0.05, 0.1) is 13.2 Å². The number of para-hydroxylation sites is 1. The van der Waals surface area contributed by atoms with Crippen LogP contribution in [0.5, 0.6) is 0 Å². The number of hydrogen-bond acceptors (Lipinski definition) is 4. The van der Waals surface area contributed by atoms with Crippen molar-refractivity contribution in [1.29, 1.82) is 0 Å². The van der Waals surface area contributed by atoms with Gasteiger partial charge in [0, 0.05) is 43.6 Å². The summed E-state index contributed by atoms with van der Waals surface area (Å²) >= 11 is 0. The number of amides is 1. The number of carbonyl (C=O) groups excluding carboxylic acids is 1. The number of carbonyl (C=O) groups is 1. The number of nitrogens with one attached hydrogen (secondary N) is 1. The molecule has 1 amide bonds. The largest absolute Gasteiger partial charge is 0.347 e. The molecule has 1 spiro atoms. The quantitative estimate of drug-likeness (QED) is 0.754. The SMILES string of the molecule is CC(CC1CN(CCc2ccccc2)CCC12OCCO2)C(=O)Nc1ccccc1. The summed E-state index contributed by atoms with van der Waals surface area (Å²) in [4.78, 5) is 15.3. The number of anilines is 1. The topological polar surface area (TPSA) is 50.8 Å². The normalized spacial score (nSPS) is 22.1. The van der Waals surface area contributed by atoms with E-state index >= 15 is 0 Å². The van der Waals surface area contributed by atoms with Gasteiger partial charge in [0.25, 0.3) is 0 Å². The first kappa shape index (κ1) is 21.0. The van der Waals surface area contributed by atoms with E-state index in [4.69, 9.17) is 9.47 Å². The molecule has 160 valence electrons. The van der Waals surface area contributed by atoms with Gasteiger partial charge in [-0.3, -0.25) is 4.79 Å². The van der Waals surface area contributed by atoms with E-state index in [0.29, 0.717) is 13.2 Å². The third-order valence-electron chi connectivity index (χ3n) is 6.34. The van der Waals surface area contributed by atoms with Crippen molar-refractivity contribution in [3.63, 3.8) is 0 Å². The van der Waals surface area contributed by atoms with Crippen LogP contribution in [0.1, 0.15) is 25.3 Å². The molecule has 2 atom stereocenters. The second-order valence-corrected chi connectivity index (χ2v) is 8.48. The Kier molecular flexibility index (Phi) is 6.82. The summed E-state index contributed by atoms with van der Waals surface area (Å²) in [5.74, 6) is -0.407. The van der Waals surface area contributed by atoms with Crippen LogP contribution < -0.4 is 5.32 Å². The first-order valence-corrected chi connectivity index (χ1v) is 11.0. The Labute approximate surface area is 179 Å². The minimum absolute atomic E-state index is 0.0516. The first-order valence-electron chi connectivity index (χ1n) is 11.0. The molecule has 4 rings (SSSR count). The van der Waals surface area contributed by atoms with Crippen molar-refractivity contribution in [3.8, 4) is 0 Å². The van der Waals surface area contributed by atoms with Crippen LogP contribution in [-0.2, 0) is 20.7 Å². The zero-order valence-corrected chi connectivity index (χ0v) is 17.8. The minimum Gasteiger partial charge on any atom is -0.347 e. The van der Waals surface area contributed by atoms with Crippen molar-refractivity contribution in [3.05, 3.63) is 66.2 Å². The zero-order chi connectivity index (χ0) is 20.8. The number of piperidine rings is 1. The molecule has 30 heavy (non-hydrogen) atoms. The lowest BCUT2D eigenvalue weighted by Crippen LogP contribution is -2.53. The van der Waals surface area contributed by atoms with E-state index in [0.717, 1.165) is 44.6 Å². The molecule has 2 aromatic carbocycles. The number of likely N-dealkylation sites (tertiary alicyclic amines) is 1. The zero-order valence-electron chi connectivity index (χ0n) is 17.8. The maximum Gasteiger partial charge on any atom is 0.227 e. The number of benzene rings is 2. The van der Waals surface area contributed by atoms with Crippen molar-refractivity contribution in [2.75, 3.05) is 38.2 Å². The molecule has 0 aliphatic carbocycles. The average molecular weight is 409 g/mol. The highest BCUT2D eigenvalue weighted by Crippen LogP contribution is 2.39. The molecule has 0 saturated carbocycles. The third-order valence-corrected chi connectivity index (χ3v) is 6.34. The highest BCUT2D eigenvalue weighted by atomic mass is 16.7. The van der Waals surface area contributed by atoms with Gasteiger partial charge in [-0.15, -0.1) is 0 Å². The predicted molar refractivity (Wildman–Crippen MR) is 118 cm³/mol. The van der Waals surface area contributed by atoms with Crippen molar-refractivity contribution in [1.82, 2.24) is 4.90 Å². The second kappa shape index (κ2) is 9.73. The lowest BCUT2D eigenvalue weighted by Gasteiger charge is -2.45. The van der Waals surface area contributed by atoms with E-state index in [2.05, 4.69) is 40.5 Å². The molecule has 2 aromatic rings. The van der Waals surface area contributed by atoms with Gasteiger partial charge in [-0.1, -0.05) is 55.5 Å². The number of ether oxygens (including phenoxy) is 2. The summed E-state index contributed by atoms with van der Waals surface area (Å²) in [6.07, 6.45) is 2.65. The molecule has 0 radical (unpaired) electrons. The van der Waals surface area contributed by atoms with Crippen LogP contribution in [0.3, 0.4) is 0 Å². The van der Waals surface area contributed by atoms with Gasteiger partial charge in [-0.25, -0.2) is 0 Å². The Bertz CT molecular complexity index is 806. The van der Waals surface area contributed by atoms with Crippen LogP contribution in [0.4, 0.5) is 5.69 Å². The molecule has 2 fully saturated rings. The van der Waals surface area contributed by atoms with Gasteiger partial charge in [-0.2, -0.15) is 0 Å². The van der Waals surface area contributed by atoms with Gasteiger partial charge in [-0.05, 0) is 30.5 Å².